The van der Waals surface area contributed by atoms with Crippen LogP contribution in [0, 0.1) is 0 Å². The molecule has 3 rings (SSSR count). The number of sulfonamides is 1. The molecule has 0 bridgehead atoms. The number of nitrogens with zero attached hydrogens (tertiary/aromatic N) is 2. The van der Waals surface area contributed by atoms with Gasteiger partial charge in [-0.1, -0.05) is 25.3 Å². The van der Waals surface area contributed by atoms with Crippen molar-refractivity contribution in [2.24, 2.45) is 0 Å². The standard InChI is InChI=1S/C24H32N2O5S/c1-4-31-21-13-15-23(16-14-21)32(28,29)26(19-9-6-5-7-10-19)18-24(27)25(2)20-11-8-12-22(17-20)30-3/h8,11-17,19H,4-7,9-10,18H2,1-3H3. The molecule has 1 aliphatic carbocycles. The molecule has 2 aromatic rings. The summed E-state index contributed by atoms with van der Waals surface area (Å²) in [7, 11) is -0.633. The zero-order valence-electron chi connectivity index (χ0n) is 19.0. The lowest BCUT2D eigenvalue weighted by molar-refractivity contribution is -0.119. The van der Waals surface area contributed by atoms with Crippen molar-refractivity contribution in [3.63, 3.8) is 0 Å². The number of methoxy groups -OCH3 is 1. The monoisotopic (exact) mass is 460 g/mol. The number of amides is 1. The number of carbonyl (C=O) groups is 1. The van der Waals surface area contributed by atoms with Crippen molar-refractivity contribution in [1.29, 1.82) is 0 Å². The van der Waals surface area contributed by atoms with Gasteiger partial charge in [-0.05, 0) is 56.2 Å². The van der Waals surface area contributed by atoms with Crippen LogP contribution in [0.2, 0.25) is 0 Å². The number of hydrogen-bond acceptors (Lipinski definition) is 5. The highest BCUT2D eigenvalue weighted by Gasteiger charge is 2.34. The van der Waals surface area contributed by atoms with Crippen LogP contribution in [0.15, 0.2) is 53.4 Å². The highest BCUT2D eigenvalue weighted by Crippen LogP contribution is 2.29. The topological polar surface area (TPSA) is 76.2 Å². The van der Waals surface area contributed by atoms with E-state index < -0.39 is 10.0 Å². The van der Waals surface area contributed by atoms with Crippen LogP contribution < -0.4 is 14.4 Å². The minimum Gasteiger partial charge on any atom is -0.497 e. The summed E-state index contributed by atoms with van der Waals surface area (Å²) >= 11 is 0. The Morgan fingerprint density at radius 1 is 1.03 bits per heavy atom. The molecule has 0 spiro atoms. The Balaban J connectivity index is 1.87. The predicted octanol–water partition coefficient (Wildman–Crippen LogP) is 4.08. The lowest BCUT2D eigenvalue weighted by atomic mass is 9.95. The Morgan fingerprint density at radius 2 is 1.72 bits per heavy atom. The van der Waals surface area contributed by atoms with E-state index in [2.05, 4.69) is 0 Å². The normalized spacial score (nSPS) is 14.9. The van der Waals surface area contributed by atoms with Gasteiger partial charge in [-0.3, -0.25) is 4.79 Å². The summed E-state index contributed by atoms with van der Waals surface area (Å²) in [4.78, 5) is 14.8. The minimum absolute atomic E-state index is 0.170. The van der Waals surface area contributed by atoms with Gasteiger partial charge in [0.1, 0.15) is 11.5 Å². The lowest BCUT2D eigenvalue weighted by Crippen LogP contribution is -2.47. The van der Waals surface area contributed by atoms with E-state index in [1.54, 1.807) is 62.7 Å². The average molecular weight is 461 g/mol. The number of anilines is 1. The maximum absolute atomic E-state index is 13.6. The van der Waals surface area contributed by atoms with Gasteiger partial charge in [-0.2, -0.15) is 4.31 Å². The minimum atomic E-state index is -3.85. The quantitative estimate of drug-likeness (QED) is 0.564. The fraction of sp³-hybridized carbons (Fsp3) is 0.458. The van der Waals surface area contributed by atoms with E-state index in [1.165, 1.54) is 9.21 Å². The van der Waals surface area contributed by atoms with Crippen molar-refractivity contribution >= 4 is 21.6 Å². The number of rotatable bonds is 9. The van der Waals surface area contributed by atoms with Gasteiger partial charge in [-0.25, -0.2) is 8.42 Å². The molecule has 0 radical (unpaired) electrons. The van der Waals surface area contributed by atoms with Crippen LogP contribution >= 0.6 is 0 Å². The predicted molar refractivity (Wildman–Crippen MR) is 125 cm³/mol. The molecule has 0 saturated heterocycles. The molecule has 0 N–H and O–H groups in total. The molecule has 1 fully saturated rings. The molecule has 7 nitrogen and oxygen atoms in total. The first-order valence-electron chi connectivity index (χ1n) is 11.0. The van der Waals surface area contributed by atoms with E-state index in [-0.39, 0.29) is 23.4 Å². The number of ether oxygens (including phenoxy) is 2. The summed E-state index contributed by atoms with van der Waals surface area (Å²) in [5, 5.41) is 0. The van der Waals surface area contributed by atoms with Gasteiger partial charge in [0, 0.05) is 24.8 Å². The van der Waals surface area contributed by atoms with E-state index in [0.29, 0.717) is 23.8 Å². The van der Waals surface area contributed by atoms with E-state index in [1.807, 2.05) is 6.92 Å². The van der Waals surface area contributed by atoms with Crippen molar-refractivity contribution in [1.82, 2.24) is 4.31 Å². The Bertz CT molecular complexity index is 1000. The Morgan fingerprint density at radius 3 is 2.34 bits per heavy atom. The molecule has 1 amide bonds. The summed E-state index contributed by atoms with van der Waals surface area (Å²) in [6, 6.07) is 13.4. The Kier molecular flexibility index (Phi) is 8.15. The SMILES string of the molecule is CCOc1ccc(S(=O)(=O)N(CC(=O)N(C)c2cccc(OC)c2)C2CCCCC2)cc1. The Hall–Kier alpha value is -2.58. The molecule has 0 atom stereocenters. The Labute approximate surface area is 191 Å². The highest BCUT2D eigenvalue weighted by molar-refractivity contribution is 7.89. The second kappa shape index (κ2) is 10.8. The van der Waals surface area contributed by atoms with Gasteiger partial charge < -0.3 is 14.4 Å². The molecular formula is C24H32N2O5S. The van der Waals surface area contributed by atoms with Gasteiger partial charge in [0.2, 0.25) is 15.9 Å². The largest absolute Gasteiger partial charge is 0.497 e. The van der Waals surface area contributed by atoms with Gasteiger partial charge in [0.15, 0.2) is 0 Å². The molecule has 0 heterocycles. The van der Waals surface area contributed by atoms with E-state index >= 15 is 0 Å². The molecular weight excluding hydrogens is 428 g/mol. The maximum atomic E-state index is 13.6. The fourth-order valence-electron chi connectivity index (χ4n) is 3.99. The van der Waals surface area contributed by atoms with Crippen molar-refractivity contribution in [2.45, 2.75) is 50.0 Å². The number of hydrogen-bond donors (Lipinski definition) is 0. The van der Waals surface area contributed by atoms with Crippen LogP contribution in [-0.2, 0) is 14.8 Å². The second-order valence-electron chi connectivity index (χ2n) is 7.90. The third-order valence-electron chi connectivity index (χ3n) is 5.83. The third kappa shape index (κ3) is 5.61. The molecule has 8 heteroatoms. The fourth-order valence-corrected chi connectivity index (χ4v) is 5.63. The van der Waals surface area contributed by atoms with Crippen LogP contribution in [0.1, 0.15) is 39.0 Å². The zero-order chi connectivity index (χ0) is 23.1. The van der Waals surface area contributed by atoms with Crippen LogP contribution in [-0.4, -0.2) is 52.0 Å². The third-order valence-corrected chi connectivity index (χ3v) is 7.74. The van der Waals surface area contributed by atoms with Gasteiger partial charge in [0.25, 0.3) is 0 Å². The summed E-state index contributed by atoms with van der Waals surface area (Å²) in [5.74, 6) is 0.955. The van der Waals surface area contributed by atoms with Gasteiger partial charge in [0.05, 0.1) is 25.2 Å². The molecule has 0 unspecified atom stereocenters. The van der Waals surface area contributed by atoms with Crippen molar-refractivity contribution in [3.8, 4) is 11.5 Å². The van der Waals surface area contributed by atoms with E-state index in [4.69, 9.17) is 9.47 Å². The highest BCUT2D eigenvalue weighted by atomic mass is 32.2. The number of carbonyl (C=O) groups excluding carboxylic acids is 1. The van der Waals surface area contributed by atoms with Crippen LogP contribution in [0.3, 0.4) is 0 Å². The van der Waals surface area contributed by atoms with Crippen LogP contribution in [0.5, 0.6) is 11.5 Å². The molecule has 174 valence electrons. The lowest BCUT2D eigenvalue weighted by Gasteiger charge is -2.34. The summed E-state index contributed by atoms with van der Waals surface area (Å²) in [6.45, 7) is 2.17. The smallest absolute Gasteiger partial charge is 0.243 e. The number of likely N-dealkylation sites (N-methyl/N-ethyl adjacent to an activating group) is 1. The van der Waals surface area contributed by atoms with Crippen LogP contribution in [0.4, 0.5) is 5.69 Å². The zero-order valence-corrected chi connectivity index (χ0v) is 19.8. The molecule has 1 aliphatic rings. The van der Waals surface area contributed by atoms with E-state index in [0.717, 1.165) is 32.1 Å². The molecule has 32 heavy (non-hydrogen) atoms. The average Bonchev–Trinajstić information content (AvgIpc) is 2.83. The van der Waals surface area contributed by atoms with Gasteiger partial charge in [-0.15, -0.1) is 0 Å². The summed E-state index contributed by atoms with van der Waals surface area (Å²) < 4.78 is 39.3. The van der Waals surface area contributed by atoms with Crippen molar-refractivity contribution < 1.29 is 22.7 Å². The van der Waals surface area contributed by atoms with Crippen molar-refractivity contribution in [3.05, 3.63) is 48.5 Å². The molecule has 0 aromatic heterocycles. The summed E-state index contributed by atoms with van der Waals surface area (Å²) in [5.41, 5.74) is 0.649. The maximum Gasteiger partial charge on any atom is 0.243 e. The van der Waals surface area contributed by atoms with E-state index in [9.17, 15) is 13.2 Å². The molecule has 2 aromatic carbocycles. The second-order valence-corrected chi connectivity index (χ2v) is 9.79. The van der Waals surface area contributed by atoms with Crippen LogP contribution in [0.25, 0.3) is 0 Å². The molecule has 1 saturated carbocycles. The summed E-state index contributed by atoms with van der Waals surface area (Å²) in [6.07, 6.45) is 4.52. The van der Waals surface area contributed by atoms with Gasteiger partial charge >= 0.3 is 0 Å². The molecule has 0 aliphatic heterocycles. The first-order chi connectivity index (χ1) is 15.4. The first kappa shape index (κ1) is 24.1. The number of benzene rings is 2. The van der Waals surface area contributed by atoms with Crippen molar-refractivity contribution in [2.75, 3.05) is 32.2 Å². The first-order valence-corrected chi connectivity index (χ1v) is 12.5.